The second kappa shape index (κ2) is 9.10. The summed E-state index contributed by atoms with van der Waals surface area (Å²) in [4.78, 5) is 32.3. The number of nitrogens with zero attached hydrogens (tertiary/aromatic N) is 3. The van der Waals surface area contributed by atoms with Crippen molar-refractivity contribution < 1.29 is 19.4 Å². The molecule has 0 aromatic heterocycles. The number of methoxy groups -OCH3 is 1. The lowest BCUT2D eigenvalue weighted by atomic mass is 9.91. The summed E-state index contributed by atoms with van der Waals surface area (Å²) in [7, 11) is 1.55. The number of hydrogen-bond donors (Lipinski definition) is 1. The van der Waals surface area contributed by atoms with Crippen LogP contribution in [0, 0.1) is 0 Å². The van der Waals surface area contributed by atoms with E-state index in [2.05, 4.69) is 4.90 Å². The molecule has 2 aliphatic rings. The number of halogens is 1. The number of benzene rings is 2. The van der Waals surface area contributed by atoms with E-state index in [4.69, 9.17) is 16.3 Å². The number of carbonyl (C=O) groups excluding carboxylic acids is 2. The normalized spacial score (nSPS) is 23.6. The van der Waals surface area contributed by atoms with Gasteiger partial charge in [-0.05, 0) is 43.3 Å². The molecule has 7 nitrogen and oxygen atoms in total. The van der Waals surface area contributed by atoms with Gasteiger partial charge in [0.1, 0.15) is 5.75 Å². The van der Waals surface area contributed by atoms with E-state index in [1.54, 1.807) is 48.4 Å². The van der Waals surface area contributed by atoms with Crippen molar-refractivity contribution in [2.24, 2.45) is 0 Å². The third-order valence-corrected chi connectivity index (χ3v) is 6.73. The van der Waals surface area contributed by atoms with E-state index >= 15 is 0 Å². The van der Waals surface area contributed by atoms with E-state index in [1.807, 2.05) is 24.0 Å². The van der Waals surface area contributed by atoms with E-state index in [0.29, 0.717) is 54.6 Å². The van der Waals surface area contributed by atoms with E-state index < -0.39 is 5.54 Å². The van der Waals surface area contributed by atoms with Gasteiger partial charge in [-0.2, -0.15) is 0 Å². The average Bonchev–Trinajstić information content (AvgIpc) is 2.83. The lowest BCUT2D eigenvalue weighted by Gasteiger charge is -2.56. The van der Waals surface area contributed by atoms with E-state index in [9.17, 15) is 14.7 Å². The first-order chi connectivity index (χ1) is 15.4. The minimum absolute atomic E-state index is 0.0750. The van der Waals surface area contributed by atoms with Crippen LogP contribution in [0.1, 0.15) is 27.6 Å². The van der Waals surface area contributed by atoms with Gasteiger partial charge in [-0.1, -0.05) is 23.7 Å². The molecule has 0 unspecified atom stereocenters. The summed E-state index contributed by atoms with van der Waals surface area (Å²) >= 11 is 5.97. The second-order valence-corrected chi connectivity index (χ2v) is 9.08. The molecule has 0 bridgehead atoms. The third-order valence-electron chi connectivity index (χ3n) is 6.48. The van der Waals surface area contributed by atoms with Crippen molar-refractivity contribution in [1.82, 2.24) is 14.7 Å². The van der Waals surface area contributed by atoms with Gasteiger partial charge in [0.05, 0.1) is 24.8 Å². The predicted octanol–water partition coefficient (Wildman–Crippen LogP) is 2.38. The van der Waals surface area contributed by atoms with Crippen molar-refractivity contribution in [3.8, 4) is 5.75 Å². The molecule has 32 heavy (non-hydrogen) atoms. The Kier molecular flexibility index (Phi) is 6.42. The molecule has 4 rings (SSSR count). The quantitative estimate of drug-likeness (QED) is 0.763. The van der Waals surface area contributed by atoms with Gasteiger partial charge in [0.2, 0.25) is 0 Å². The molecule has 0 saturated carbocycles. The topological polar surface area (TPSA) is 73.3 Å². The number of piperazine rings is 2. The summed E-state index contributed by atoms with van der Waals surface area (Å²) in [5, 5.41) is 10.8. The Morgan fingerprint density at radius 2 is 1.75 bits per heavy atom. The fourth-order valence-corrected chi connectivity index (χ4v) is 4.92. The van der Waals surface area contributed by atoms with Crippen LogP contribution in [-0.2, 0) is 0 Å². The number of aliphatic hydroxyl groups is 1. The van der Waals surface area contributed by atoms with Crippen LogP contribution >= 0.6 is 11.6 Å². The smallest absolute Gasteiger partial charge is 0.257 e. The number of hydrogen-bond acceptors (Lipinski definition) is 5. The largest absolute Gasteiger partial charge is 0.496 e. The van der Waals surface area contributed by atoms with Crippen LogP contribution in [0.2, 0.25) is 5.02 Å². The molecule has 170 valence electrons. The monoisotopic (exact) mass is 457 g/mol. The Balaban J connectivity index is 1.56. The van der Waals surface area contributed by atoms with Crippen molar-refractivity contribution in [2.75, 3.05) is 46.4 Å². The van der Waals surface area contributed by atoms with Crippen molar-refractivity contribution in [3.63, 3.8) is 0 Å². The summed E-state index contributed by atoms with van der Waals surface area (Å²) < 4.78 is 5.37. The first kappa shape index (κ1) is 22.6. The van der Waals surface area contributed by atoms with E-state index in [-0.39, 0.29) is 24.5 Å². The van der Waals surface area contributed by atoms with Crippen molar-refractivity contribution in [1.29, 1.82) is 0 Å². The molecule has 8 heteroatoms. The molecule has 2 aliphatic heterocycles. The van der Waals surface area contributed by atoms with E-state index in [0.717, 1.165) is 0 Å². The van der Waals surface area contributed by atoms with E-state index in [1.165, 1.54) is 0 Å². The maximum Gasteiger partial charge on any atom is 0.257 e. The summed E-state index contributed by atoms with van der Waals surface area (Å²) in [5.74, 6) is 0.353. The van der Waals surface area contributed by atoms with Crippen molar-refractivity contribution in [3.05, 3.63) is 64.7 Å². The molecule has 2 saturated heterocycles. The van der Waals surface area contributed by atoms with Gasteiger partial charge in [-0.25, -0.2) is 0 Å². The van der Waals surface area contributed by atoms with Crippen LogP contribution in [-0.4, -0.2) is 89.6 Å². The van der Waals surface area contributed by atoms with Gasteiger partial charge in [0.15, 0.2) is 0 Å². The van der Waals surface area contributed by atoms with Crippen LogP contribution in [0.25, 0.3) is 0 Å². The molecule has 2 aromatic carbocycles. The molecule has 2 atom stereocenters. The molecule has 1 N–H and O–H groups in total. The van der Waals surface area contributed by atoms with Gasteiger partial charge in [0, 0.05) is 49.4 Å². The summed E-state index contributed by atoms with van der Waals surface area (Å²) in [6, 6.07) is 13.9. The maximum absolute atomic E-state index is 13.2. The van der Waals surface area contributed by atoms with Crippen LogP contribution in [0.3, 0.4) is 0 Å². The fraction of sp³-hybridized carbons (Fsp3) is 0.417. The van der Waals surface area contributed by atoms with Gasteiger partial charge < -0.3 is 19.6 Å². The van der Waals surface area contributed by atoms with Crippen LogP contribution in [0.15, 0.2) is 48.5 Å². The summed E-state index contributed by atoms with van der Waals surface area (Å²) in [6.45, 7) is 4.44. The molecule has 0 aliphatic carbocycles. The Hall–Kier alpha value is -2.61. The number of amides is 2. The van der Waals surface area contributed by atoms with Crippen LogP contribution in [0.5, 0.6) is 5.75 Å². The number of fused-ring (bicyclic) bond motifs is 1. The molecule has 2 aromatic rings. The summed E-state index contributed by atoms with van der Waals surface area (Å²) in [5.41, 5.74) is 0.504. The molecule has 0 spiro atoms. The number of aliphatic hydroxyl groups excluding tert-OH is 1. The third kappa shape index (κ3) is 4.20. The number of rotatable bonds is 4. The Labute approximate surface area is 193 Å². The lowest BCUT2D eigenvalue weighted by molar-refractivity contribution is -0.0783. The maximum atomic E-state index is 13.2. The van der Waals surface area contributed by atoms with Gasteiger partial charge in [-0.15, -0.1) is 0 Å². The standard InChI is InChI=1S/C24H28ClN3O4/c1-24(16-29)15-27(22(30)17-7-9-18(25)10-8-17)14-19-13-26(11-12-28(19)24)23(31)20-5-3-4-6-21(20)32-2/h3-10,19,29H,11-16H2,1-2H3/t19-,24-/m0/s1. The lowest BCUT2D eigenvalue weighted by Crippen LogP contribution is -2.72. The van der Waals surface area contributed by atoms with Gasteiger partial charge in [-0.3, -0.25) is 14.5 Å². The zero-order valence-electron chi connectivity index (χ0n) is 18.3. The Morgan fingerprint density at radius 1 is 1.06 bits per heavy atom. The predicted molar refractivity (Wildman–Crippen MR) is 122 cm³/mol. The zero-order chi connectivity index (χ0) is 22.9. The number of para-hydroxylation sites is 1. The number of carbonyl (C=O) groups is 2. The molecule has 0 radical (unpaired) electrons. The Morgan fingerprint density at radius 3 is 2.44 bits per heavy atom. The summed E-state index contributed by atoms with van der Waals surface area (Å²) in [6.07, 6.45) is 0. The molecular formula is C24H28ClN3O4. The SMILES string of the molecule is COc1ccccc1C(=O)N1CCN2[C@H](CN(C(=O)c3ccc(Cl)cc3)C[C@@]2(C)CO)C1. The number of ether oxygens (including phenoxy) is 1. The van der Waals surface area contributed by atoms with Gasteiger partial charge >= 0.3 is 0 Å². The van der Waals surface area contributed by atoms with Crippen LogP contribution in [0.4, 0.5) is 0 Å². The molecule has 2 heterocycles. The highest BCUT2D eigenvalue weighted by atomic mass is 35.5. The second-order valence-electron chi connectivity index (χ2n) is 8.65. The minimum atomic E-state index is -0.579. The average molecular weight is 458 g/mol. The Bertz CT molecular complexity index is 999. The fourth-order valence-electron chi connectivity index (χ4n) is 4.79. The molecular weight excluding hydrogens is 430 g/mol. The highest BCUT2D eigenvalue weighted by Crippen LogP contribution is 2.30. The highest BCUT2D eigenvalue weighted by molar-refractivity contribution is 6.30. The van der Waals surface area contributed by atoms with Crippen LogP contribution < -0.4 is 4.74 Å². The molecule has 2 fully saturated rings. The minimum Gasteiger partial charge on any atom is -0.496 e. The molecule has 2 amide bonds. The first-order valence-electron chi connectivity index (χ1n) is 10.7. The first-order valence-corrected chi connectivity index (χ1v) is 11.1. The highest BCUT2D eigenvalue weighted by Gasteiger charge is 2.47. The van der Waals surface area contributed by atoms with Crippen molar-refractivity contribution >= 4 is 23.4 Å². The van der Waals surface area contributed by atoms with Crippen molar-refractivity contribution in [2.45, 2.75) is 18.5 Å². The van der Waals surface area contributed by atoms with Gasteiger partial charge in [0.25, 0.3) is 11.8 Å². The zero-order valence-corrected chi connectivity index (χ0v) is 19.1.